The molecule has 0 aliphatic carbocycles. The average molecular weight is 384 g/mol. The van der Waals surface area contributed by atoms with Crippen LogP contribution in [-0.2, 0) is 27.3 Å². The summed E-state index contributed by atoms with van der Waals surface area (Å²) in [6.45, 7) is 7.65. The standard InChI is InChI=1S/C16H28N4O.2CH2O2/c1-5-14-17-8-11-20(14)9-6-15(21)19(4)13-16(2)7-10-18(3)12-16;2*2-1-3/h8,11H,5-7,9-10,12-13H2,1-4H3;2*1H,(H,2,3). The van der Waals surface area contributed by atoms with Crippen LogP contribution in [0.5, 0.6) is 0 Å². The minimum atomic E-state index is -0.250. The monoisotopic (exact) mass is 384 g/mol. The molecule has 1 fully saturated rings. The molecule has 154 valence electrons. The molecular weight excluding hydrogens is 352 g/mol. The van der Waals surface area contributed by atoms with E-state index in [9.17, 15) is 4.79 Å². The minimum Gasteiger partial charge on any atom is -0.483 e. The highest BCUT2D eigenvalue weighted by atomic mass is 16.3. The molecule has 1 amide bonds. The number of amides is 1. The van der Waals surface area contributed by atoms with Crippen LogP contribution in [0.4, 0.5) is 0 Å². The van der Waals surface area contributed by atoms with E-state index in [2.05, 4.69) is 35.3 Å². The Bertz CT molecular complexity index is 572. The average Bonchev–Trinajstić information content (AvgIpc) is 3.19. The summed E-state index contributed by atoms with van der Waals surface area (Å²) in [6, 6.07) is 0. The first kappa shape index (κ1) is 24.6. The Morgan fingerprint density at radius 3 is 2.44 bits per heavy atom. The Hall–Kier alpha value is -2.42. The molecule has 9 nitrogen and oxygen atoms in total. The van der Waals surface area contributed by atoms with Gasteiger partial charge in [0.05, 0.1) is 0 Å². The number of carboxylic acid groups (broad SMARTS) is 2. The number of carbonyl (C=O) groups is 3. The molecule has 27 heavy (non-hydrogen) atoms. The van der Waals surface area contributed by atoms with E-state index < -0.39 is 0 Å². The van der Waals surface area contributed by atoms with Crippen molar-refractivity contribution in [1.82, 2.24) is 19.4 Å². The van der Waals surface area contributed by atoms with Gasteiger partial charge in [-0.1, -0.05) is 13.8 Å². The quantitative estimate of drug-likeness (QED) is 0.704. The third-order valence-corrected chi connectivity index (χ3v) is 4.48. The van der Waals surface area contributed by atoms with Gasteiger partial charge >= 0.3 is 0 Å². The number of hydrogen-bond acceptors (Lipinski definition) is 5. The van der Waals surface area contributed by atoms with Crippen LogP contribution in [0.3, 0.4) is 0 Å². The Labute approximate surface area is 160 Å². The summed E-state index contributed by atoms with van der Waals surface area (Å²) >= 11 is 0. The van der Waals surface area contributed by atoms with Crippen molar-refractivity contribution in [3.63, 3.8) is 0 Å². The van der Waals surface area contributed by atoms with Crippen LogP contribution in [-0.4, -0.2) is 82.1 Å². The van der Waals surface area contributed by atoms with Crippen molar-refractivity contribution in [3.05, 3.63) is 18.2 Å². The first-order valence-corrected chi connectivity index (χ1v) is 8.85. The molecule has 1 saturated heterocycles. The van der Waals surface area contributed by atoms with Gasteiger partial charge in [-0.3, -0.25) is 14.4 Å². The molecule has 2 heterocycles. The van der Waals surface area contributed by atoms with Gasteiger partial charge in [0.25, 0.3) is 12.9 Å². The molecule has 0 radical (unpaired) electrons. The van der Waals surface area contributed by atoms with Gasteiger partial charge < -0.3 is 24.6 Å². The Morgan fingerprint density at radius 1 is 1.37 bits per heavy atom. The lowest BCUT2D eigenvalue weighted by Crippen LogP contribution is -2.39. The van der Waals surface area contributed by atoms with Gasteiger partial charge in [0.1, 0.15) is 5.82 Å². The van der Waals surface area contributed by atoms with Crippen molar-refractivity contribution in [2.75, 3.05) is 33.7 Å². The van der Waals surface area contributed by atoms with Crippen LogP contribution in [0.2, 0.25) is 0 Å². The summed E-state index contributed by atoms with van der Waals surface area (Å²) in [6.07, 6.45) is 6.39. The number of aromatic nitrogens is 2. The van der Waals surface area contributed by atoms with Crippen molar-refractivity contribution in [1.29, 1.82) is 0 Å². The topological polar surface area (TPSA) is 116 Å². The summed E-state index contributed by atoms with van der Waals surface area (Å²) in [5, 5.41) is 13.8. The number of imidazole rings is 1. The third-order valence-electron chi connectivity index (χ3n) is 4.48. The van der Waals surface area contributed by atoms with Gasteiger partial charge in [-0.05, 0) is 25.4 Å². The summed E-state index contributed by atoms with van der Waals surface area (Å²) in [5.74, 6) is 1.27. The van der Waals surface area contributed by atoms with Crippen LogP contribution in [0.25, 0.3) is 0 Å². The lowest BCUT2D eigenvalue weighted by Gasteiger charge is -2.30. The van der Waals surface area contributed by atoms with Crippen LogP contribution in [0.15, 0.2) is 12.4 Å². The number of hydrogen-bond donors (Lipinski definition) is 2. The van der Waals surface area contributed by atoms with E-state index >= 15 is 0 Å². The van der Waals surface area contributed by atoms with Gasteiger partial charge in [-0.25, -0.2) is 4.98 Å². The highest BCUT2D eigenvalue weighted by molar-refractivity contribution is 5.75. The van der Waals surface area contributed by atoms with Crippen LogP contribution in [0, 0.1) is 5.41 Å². The van der Waals surface area contributed by atoms with Crippen LogP contribution >= 0.6 is 0 Å². The predicted octanol–water partition coefficient (Wildman–Crippen LogP) is 1.04. The molecule has 0 spiro atoms. The van der Waals surface area contributed by atoms with Gasteiger partial charge in [0.15, 0.2) is 0 Å². The summed E-state index contributed by atoms with van der Waals surface area (Å²) in [5.41, 5.74) is 0.239. The summed E-state index contributed by atoms with van der Waals surface area (Å²) in [4.78, 5) is 37.6. The predicted molar refractivity (Wildman–Crippen MR) is 101 cm³/mol. The second-order valence-electron chi connectivity index (χ2n) is 6.90. The van der Waals surface area contributed by atoms with E-state index in [0.717, 1.165) is 38.4 Å². The Balaban J connectivity index is 0.000000997. The zero-order chi connectivity index (χ0) is 20.9. The minimum absolute atomic E-state index is 0.224. The number of likely N-dealkylation sites (tertiary alicyclic amines) is 1. The molecular formula is C18H32N4O5. The normalized spacial score (nSPS) is 18.5. The van der Waals surface area contributed by atoms with E-state index in [1.165, 1.54) is 6.42 Å². The number of aryl methyl sites for hydroxylation is 2. The summed E-state index contributed by atoms with van der Waals surface area (Å²) < 4.78 is 2.08. The lowest BCUT2D eigenvalue weighted by molar-refractivity contribution is -0.131. The maximum Gasteiger partial charge on any atom is 0.290 e. The summed E-state index contributed by atoms with van der Waals surface area (Å²) in [7, 11) is 4.08. The van der Waals surface area contributed by atoms with Crippen molar-refractivity contribution in [2.45, 2.75) is 39.7 Å². The van der Waals surface area contributed by atoms with E-state index in [0.29, 0.717) is 6.42 Å². The van der Waals surface area contributed by atoms with Crippen molar-refractivity contribution < 1.29 is 24.6 Å². The highest BCUT2D eigenvalue weighted by Gasteiger charge is 2.33. The van der Waals surface area contributed by atoms with Gasteiger partial charge in [-0.2, -0.15) is 0 Å². The maximum absolute atomic E-state index is 12.3. The largest absolute Gasteiger partial charge is 0.483 e. The smallest absolute Gasteiger partial charge is 0.290 e. The molecule has 9 heteroatoms. The second-order valence-corrected chi connectivity index (χ2v) is 6.90. The van der Waals surface area contributed by atoms with Crippen LogP contribution in [0.1, 0.15) is 32.5 Å². The zero-order valence-electron chi connectivity index (χ0n) is 16.7. The van der Waals surface area contributed by atoms with Crippen molar-refractivity contribution >= 4 is 18.9 Å². The fraction of sp³-hybridized carbons (Fsp3) is 0.667. The number of rotatable bonds is 6. The van der Waals surface area contributed by atoms with Gasteiger partial charge in [0.2, 0.25) is 5.91 Å². The van der Waals surface area contributed by atoms with Crippen molar-refractivity contribution in [3.8, 4) is 0 Å². The molecule has 1 aromatic rings. The van der Waals surface area contributed by atoms with Gasteiger partial charge in [-0.15, -0.1) is 0 Å². The molecule has 0 saturated carbocycles. The first-order chi connectivity index (χ1) is 12.8. The molecule has 1 unspecified atom stereocenters. The van der Waals surface area contributed by atoms with E-state index in [4.69, 9.17) is 19.8 Å². The van der Waals surface area contributed by atoms with Crippen LogP contribution < -0.4 is 0 Å². The molecule has 1 atom stereocenters. The second kappa shape index (κ2) is 12.9. The molecule has 1 aromatic heterocycles. The number of nitrogens with zero attached hydrogens (tertiary/aromatic N) is 4. The maximum atomic E-state index is 12.3. The molecule has 1 aliphatic rings. The molecule has 0 bridgehead atoms. The Morgan fingerprint density at radius 2 is 1.96 bits per heavy atom. The lowest BCUT2D eigenvalue weighted by atomic mass is 9.89. The highest BCUT2D eigenvalue weighted by Crippen LogP contribution is 2.29. The third kappa shape index (κ3) is 9.18. The Kier molecular flexibility index (Phi) is 11.7. The fourth-order valence-electron chi connectivity index (χ4n) is 3.33. The SMILES string of the molecule is CCc1nccn1CCC(=O)N(C)CC1(C)CCN(C)C1.O=CO.O=CO. The molecule has 0 aromatic carbocycles. The molecule has 2 rings (SSSR count). The van der Waals surface area contributed by atoms with E-state index in [1.54, 1.807) is 0 Å². The first-order valence-electron chi connectivity index (χ1n) is 8.85. The fourth-order valence-corrected chi connectivity index (χ4v) is 3.33. The zero-order valence-corrected chi connectivity index (χ0v) is 16.7. The molecule has 2 N–H and O–H groups in total. The van der Waals surface area contributed by atoms with Gasteiger partial charge in [0, 0.05) is 51.9 Å². The van der Waals surface area contributed by atoms with E-state index in [-0.39, 0.29) is 24.3 Å². The molecule has 1 aliphatic heterocycles. The van der Waals surface area contributed by atoms with Crippen molar-refractivity contribution in [2.24, 2.45) is 5.41 Å². The number of carbonyl (C=O) groups excluding carboxylic acids is 1. The van der Waals surface area contributed by atoms with E-state index in [1.807, 2.05) is 24.3 Å².